The lowest BCUT2D eigenvalue weighted by Gasteiger charge is -2.26. The Morgan fingerprint density at radius 1 is 1.00 bits per heavy atom. The van der Waals surface area contributed by atoms with E-state index in [1.807, 2.05) is 4.57 Å². The first-order valence-electron chi connectivity index (χ1n) is 11.0. The van der Waals surface area contributed by atoms with Crippen molar-refractivity contribution in [2.75, 3.05) is 10.6 Å². The van der Waals surface area contributed by atoms with Crippen molar-refractivity contribution in [2.24, 2.45) is 0 Å². The monoisotopic (exact) mass is 428 g/mol. The van der Waals surface area contributed by atoms with Gasteiger partial charge in [0.2, 0.25) is 11.9 Å². The molecule has 3 N–H and O–H groups in total. The van der Waals surface area contributed by atoms with Gasteiger partial charge in [-0.1, -0.05) is 12.8 Å². The summed E-state index contributed by atoms with van der Waals surface area (Å²) >= 11 is 0. The van der Waals surface area contributed by atoms with Gasteiger partial charge in [0, 0.05) is 18.2 Å². The van der Waals surface area contributed by atoms with Crippen molar-refractivity contribution in [3.05, 3.63) is 36.0 Å². The lowest BCUT2D eigenvalue weighted by Crippen LogP contribution is -2.29. The maximum Gasteiger partial charge on any atom is 0.224 e. The van der Waals surface area contributed by atoms with Crippen LogP contribution < -0.4 is 10.6 Å². The van der Waals surface area contributed by atoms with E-state index in [2.05, 4.69) is 20.6 Å². The quantitative estimate of drug-likeness (QED) is 0.547. The molecule has 0 aliphatic heterocycles. The molecule has 3 aromatic rings. The zero-order valence-electron chi connectivity index (χ0n) is 17.2. The van der Waals surface area contributed by atoms with Crippen LogP contribution in [-0.4, -0.2) is 36.8 Å². The molecule has 1 aromatic carbocycles. The van der Waals surface area contributed by atoms with E-state index in [-0.39, 0.29) is 23.9 Å². The molecule has 164 valence electrons. The number of aromatic nitrogens is 4. The SMILES string of the molecule is O[C@H]1CC[C@@H](Nc2ncc3nc(Nc4ccc(F)cc4F)n(C4CCCC4)c3n2)CC1. The summed E-state index contributed by atoms with van der Waals surface area (Å²) in [5, 5.41) is 16.1. The van der Waals surface area contributed by atoms with E-state index >= 15 is 0 Å². The van der Waals surface area contributed by atoms with Crippen LogP contribution in [0.25, 0.3) is 11.2 Å². The Balaban J connectivity index is 1.49. The van der Waals surface area contributed by atoms with Crippen molar-refractivity contribution < 1.29 is 13.9 Å². The highest BCUT2D eigenvalue weighted by molar-refractivity contribution is 5.76. The van der Waals surface area contributed by atoms with E-state index in [0.29, 0.717) is 23.1 Å². The summed E-state index contributed by atoms with van der Waals surface area (Å²) < 4.78 is 29.6. The summed E-state index contributed by atoms with van der Waals surface area (Å²) in [6.45, 7) is 0. The fraction of sp³-hybridized carbons (Fsp3) is 0.500. The molecule has 9 heteroatoms. The Morgan fingerprint density at radius 3 is 2.52 bits per heavy atom. The second kappa shape index (κ2) is 8.37. The minimum Gasteiger partial charge on any atom is -0.393 e. The van der Waals surface area contributed by atoms with Gasteiger partial charge in [-0.2, -0.15) is 4.98 Å². The molecule has 31 heavy (non-hydrogen) atoms. The number of hydrogen-bond acceptors (Lipinski definition) is 6. The minimum absolute atomic E-state index is 0.169. The molecule has 5 rings (SSSR count). The highest BCUT2D eigenvalue weighted by Gasteiger charge is 2.25. The van der Waals surface area contributed by atoms with Crippen LogP contribution in [0, 0.1) is 11.6 Å². The largest absolute Gasteiger partial charge is 0.393 e. The molecule has 0 radical (unpaired) electrons. The van der Waals surface area contributed by atoms with Gasteiger partial charge in [-0.25, -0.2) is 18.7 Å². The van der Waals surface area contributed by atoms with E-state index in [9.17, 15) is 13.9 Å². The van der Waals surface area contributed by atoms with E-state index < -0.39 is 11.6 Å². The zero-order chi connectivity index (χ0) is 21.4. The van der Waals surface area contributed by atoms with Gasteiger partial charge in [0.05, 0.1) is 18.0 Å². The molecule has 0 saturated heterocycles. The molecule has 0 atom stereocenters. The fourth-order valence-electron chi connectivity index (χ4n) is 4.67. The van der Waals surface area contributed by atoms with Crippen molar-refractivity contribution in [3.63, 3.8) is 0 Å². The van der Waals surface area contributed by atoms with Gasteiger partial charge >= 0.3 is 0 Å². The molecular weight excluding hydrogens is 402 g/mol. The number of rotatable bonds is 5. The van der Waals surface area contributed by atoms with Gasteiger partial charge < -0.3 is 15.7 Å². The molecule has 0 bridgehead atoms. The van der Waals surface area contributed by atoms with Crippen molar-refractivity contribution in [3.8, 4) is 0 Å². The van der Waals surface area contributed by atoms with Crippen molar-refractivity contribution in [2.45, 2.75) is 69.6 Å². The predicted molar refractivity (Wildman–Crippen MR) is 114 cm³/mol. The standard InChI is InChI=1S/C22H26F2N6O/c23-13-5-10-18(17(24)11-13)27-22-28-19-12-25-21(26-14-6-8-16(31)9-7-14)29-20(19)30(22)15-3-1-2-4-15/h5,10-12,14-16,31H,1-4,6-9H2,(H,27,28)(H,25,26,29)/t14-,16+. The molecule has 2 aromatic heterocycles. The Labute approximate surface area is 178 Å². The summed E-state index contributed by atoms with van der Waals surface area (Å²) in [4.78, 5) is 13.8. The van der Waals surface area contributed by atoms with Crippen LogP contribution in [0.2, 0.25) is 0 Å². The van der Waals surface area contributed by atoms with Crippen LogP contribution in [-0.2, 0) is 0 Å². The van der Waals surface area contributed by atoms with Gasteiger partial charge in [0.15, 0.2) is 5.65 Å². The second-order valence-electron chi connectivity index (χ2n) is 8.55. The first kappa shape index (κ1) is 20.1. The van der Waals surface area contributed by atoms with Crippen LogP contribution >= 0.6 is 0 Å². The Hall–Kier alpha value is -2.81. The van der Waals surface area contributed by atoms with E-state index in [1.165, 1.54) is 12.1 Å². The van der Waals surface area contributed by atoms with E-state index in [1.54, 1.807) is 6.20 Å². The van der Waals surface area contributed by atoms with Gasteiger partial charge in [0.1, 0.15) is 17.2 Å². The summed E-state index contributed by atoms with van der Waals surface area (Å²) in [6.07, 6.45) is 9.01. The van der Waals surface area contributed by atoms with Crippen LogP contribution in [0.3, 0.4) is 0 Å². The summed E-state index contributed by atoms with van der Waals surface area (Å²) in [7, 11) is 0. The number of nitrogens with zero attached hydrogens (tertiary/aromatic N) is 4. The third kappa shape index (κ3) is 4.19. The molecular formula is C22H26F2N6O. The average Bonchev–Trinajstić information content (AvgIpc) is 3.39. The average molecular weight is 428 g/mol. The predicted octanol–water partition coefficient (Wildman–Crippen LogP) is 4.68. The van der Waals surface area contributed by atoms with Gasteiger partial charge in [-0.05, 0) is 50.7 Å². The molecule has 0 unspecified atom stereocenters. The molecule has 0 amide bonds. The minimum atomic E-state index is -0.669. The number of aliphatic hydroxyl groups excluding tert-OH is 1. The molecule has 2 aliphatic carbocycles. The summed E-state index contributed by atoms with van der Waals surface area (Å²) in [5.74, 6) is -0.269. The van der Waals surface area contributed by atoms with Gasteiger partial charge in [-0.15, -0.1) is 0 Å². The van der Waals surface area contributed by atoms with Crippen molar-refractivity contribution in [1.82, 2.24) is 19.5 Å². The highest BCUT2D eigenvalue weighted by Crippen LogP contribution is 2.36. The van der Waals surface area contributed by atoms with E-state index in [4.69, 9.17) is 4.98 Å². The third-order valence-corrected chi connectivity index (χ3v) is 6.33. The highest BCUT2D eigenvalue weighted by atomic mass is 19.1. The summed E-state index contributed by atoms with van der Waals surface area (Å²) in [6, 6.07) is 3.89. The first-order valence-corrected chi connectivity index (χ1v) is 11.0. The maximum absolute atomic E-state index is 14.3. The number of hydrogen-bond donors (Lipinski definition) is 3. The molecule has 2 heterocycles. The van der Waals surface area contributed by atoms with Crippen molar-refractivity contribution in [1.29, 1.82) is 0 Å². The number of benzene rings is 1. The van der Waals surface area contributed by atoms with Gasteiger partial charge in [-0.3, -0.25) is 4.57 Å². The smallest absolute Gasteiger partial charge is 0.224 e. The van der Waals surface area contributed by atoms with Crippen LogP contribution in [0.15, 0.2) is 24.4 Å². The number of nitrogens with one attached hydrogen (secondary N) is 2. The first-order chi connectivity index (χ1) is 15.1. The molecule has 2 fully saturated rings. The molecule has 0 spiro atoms. The topological polar surface area (TPSA) is 87.9 Å². The molecule has 7 nitrogen and oxygen atoms in total. The molecule has 2 saturated carbocycles. The Morgan fingerprint density at radius 2 is 1.77 bits per heavy atom. The molecule has 2 aliphatic rings. The maximum atomic E-state index is 14.3. The van der Waals surface area contributed by atoms with Gasteiger partial charge in [0.25, 0.3) is 0 Å². The van der Waals surface area contributed by atoms with Crippen LogP contribution in [0.1, 0.15) is 57.4 Å². The number of fused-ring (bicyclic) bond motifs is 1. The number of halogens is 2. The van der Waals surface area contributed by atoms with E-state index in [0.717, 1.165) is 57.4 Å². The fourth-order valence-corrected chi connectivity index (χ4v) is 4.67. The summed E-state index contributed by atoms with van der Waals surface area (Å²) in [5.41, 5.74) is 1.50. The Bertz CT molecular complexity index is 1070. The van der Waals surface area contributed by atoms with Crippen LogP contribution in [0.4, 0.5) is 26.4 Å². The number of aliphatic hydroxyl groups is 1. The second-order valence-corrected chi connectivity index (χ2v) is 8.55. The van der Waals surface area contributed by atoms with Crippen molar-refractivity contribution >= 4 is 28.7 Å². The zero-order valence-corrected chi connectivity index (χ0v) is 17.2. The van der Waals surface area contributed by atoms with Crippen LogP contribution in [0.5, 0.6) is 0 Å². The number of anilines is 3. The Kier molecular flexibility index (Phi) is 5.43. The number of imidazole rings is 1. The third-order valence-electron chi connectivity index (χ3n) is 6.33. The lowest BCUT2D eigenvalue weighted by molar-refractivity contribution is 0.126. The normalized spacial score (nSPS) is 22.2. The lowest BCUT2D eigenvalue weighted by atomic mass is 9.93.